The van der Waals surface area contributed by atoms with Gasteiger partial charge in [0.25, 0.3) is 11.8 Å². The van der Waals surface area contributed by atoms with Crippen LogP contribution in [0.5, 0.6) is 0 Å². The van der Waals surface area contributed by atoms with Crippen molar-refractivity contribution >= 4 is 35.0 Å². The predicted octanol–water partition coefficient (Wildman–Crippen LogP) is 2.87. The van der Waals surface area contributed by atoms with Gasteiger partial charge in [-0.3, -0.25) is 9.59 Å². The van der Waals surface area contributed by atoms with Crippen LogP contribution in [0.4, 0.5) is 0 Å². The monoisotopic (exact) mass is 419 g/mol. The summed E-state index contributed by atoms with van der Waals surface area (Å²) in [5.74, 6) is -0.0705. The second-order valence-corrected chi connectivity index (χ2v) is 10.6. The van der Waals surface area contributed by atoms with E-state index in [2.05, 4.69) is 34.9 Å². The predicted molar refractivity (Wildman–Crippen MR) is 127 cm³/mol. The number of hydrogen-bond donors (Lipinski definition) is 2. The average molecular weight is 419 g/mol. The van der Waals surface area contributed by atoms with Gasteiger partial charge in [0.1, 0.15) is 23.2 Å². The highest BCUT2D eigenvalue weighted by Crippen LogP contribution is 2.55. The van der Waals surface area contributed by atoms with E-state index in [-0.39, 0.29) is 11.8 Å². The summed E-state index contributed by atoms with van der Waals surface area (Å²) in [6.45, 7) is 2.68. The van der Waals surface area contributed by atoms with Gasteiger partial charge < -0.3 is 10.6 Å². The van der Waals surface area contributed by atoms with Crippen molar-refractivity contribution in [1.29, 1.82) is 0 Å². The maximum atomic E-state index is 12.7. The Hall–Kier alpha value is -2.97. The molecule has 0 aliphatic carbocycles. The lowest BCUT2D eigenvalue weighted by Gasteiger charge is -2.27. The largest absolute Gasteiger partial charge is 0.356 e. The van der Waals surface area contributed by atoms with Crippen LogP contribution in [0.1, 0.15) is 23.7 Å². The van der Waals surface area contributed by atoms with Crippen molar-refractivity contribution in [2.45, 2.75) is 13.3 Å². The van der Waals surface area contributed by atoms with Crippen molar-refractivity contribution < 1.29 is 9.59 Å². The van der Waals surface area contributed by atoms with Gasteiger partial charge in [0.05, 0.1) is 0 Å². The number of carbonyl (C=O) groups excluding carboxylic acids is 2. The number of rotatable bonds is 8. The third kappa shape index (κ3) is 4.60. The maximum absolute atomic E-state index is 12.7. The lowest BCUT2D eigenvalue weighted by Crippen LogP contribution is -2.38. The molecule has 0 radical (unpaired) electrons. The van der Waals surface area contributed by atoms with E-state index in [9.17, 15) is 9.59 Å². The molecule has 3 aromatic rings. The van der Waals surface area contributed by atoms with Gasteiger partial charge in [0.15, 0.2) is 6.16 Å². The molecular weight excluding hydrogens is 391 g/mol. The van der Waals surface area contributed by atoms with Gasteiger partial charge in [0.2, 0.25) is 0 Å². The van der Waals surface area contributed by atoms with E-state index in [0.29, 0.717) is 18.3 Å². The summed E-state index contributed by atoms with van der Waals surface area (Å²) in [6.07, 6.45) is 1.27. The quantitative estimate of drug-likeness (QED) is 0.552. The molecule has 0 aliphatic heterocycles. The fourth-order valence-electron chi connectivity index (χ4n) is 3.59. The Balaban J connectivity index is 2.16. The highest BCUT2D eigenvalue weighted by Gasteiger charge is 2.47. The normalized spacial score (nSPS) is 11.0. The van der Waals surface area contributed by atoms with Crippen LogP contribution in [0.3, 0.4) is 0 Å². The fourth-order valence-corrected chi connectivity index (χ4v) is 7.64. The number of carbonyl (C=O) groups is 2. The second-order valence-electron chi connectivity index (χ2n) is 7.11. The summed E-state index contributed by atoms with van der Waals surface area (Å²) in [7, 11) is -0.566. The first kappa shape index (κ1) is 21.7. The maximum Gasteiger partial charge on any atom is 0.258 e. The van der Waals surface area contributed by atoms with E-state index in [4.69, 9.17) is 0 Å². The van der Waals surface area contributed by atoms with E-state index in [1.165, 1.54) is 0 Å². The number of nitrogens with one attached hydrogen (secondary N) is 2. The standard InChI is InChI=1S/C25H27N2O2P/c1-3-18-27-25(29)20-14-16-23(17-15-20)30(19-24(28)26-2,21-10-6-4-7-11-21)22-12-8-5-9-13-22/h4-17H,3,18-19H2,1-2H3,(H-,26,27,28,29)/p+1. The topological polar surface area (TPSA) is 58.2 Å². The molecule has 0 aromatic heterocycles. The number of benzene rings is 3. The molecule has 0 saturated carbocycles. The van der Waals surface area contributed by atoms with Crippen LogP contribution in [0, 0.1) is 0 Å². The molecule has 2 N–H and O–H groups in total. The van der Waals surface area contributed by atoms with E-state index >= 15 is 0 Å². The second kappa shape index (κ2) is 10.2. The molecule has 0 atom stereocenters. The van der Waals surface area contributed by atoms with E-state index < -0.39 is 7.26 Å². The van der Waals surface area contributed by atoms with Gasteiger partial charge >= 0.3 is 0 Å². The molecule has 30 heavy (non-hydrogen) atoms. The lowest BCUT2D eigenvalue weighted by molar-refractivity contribution is -0.118. The minimum Gasteiger partial charge on any atom is -0.356 e. The molecule has 3 aromatic carbocycles. The zero-order valence-electron chi connectivity index (χ0n) is 17.5. The van der Waals surface area contributed by atoms with Crippen LogP contribution in [0.25, 0.3) is 0 Å². The van der Waals surface area contributed by atoms with Gasteiger partial charge in [-0.05, 0) is 55.0 Å². The van der Waals surface area contributed by atoms with Gasteiger partial charge in [-0.25, -0.2) is 0 Å². The van der Waals surface area contributed by atoms with Crippen LogP contribution in [0.15, 0.2) is 84.9 Å². The summed E-state index contributed by atoms with van der Waals surface area (Å²) >= 11 is 0. The molecule has 0 saturated heterocycles. The van der Waals surface area contributed by atoms with Crippen molar-refractivity contribution in [3.63, 3.8) is 0 Å². The molecule has 0 aliphatic rings. The minimum atomic E-state index is -2.24. The molecule has 5 heteroatoms. The molecule has 154 valence electrons. The van der Waals surface area contributed by atoms with E-state index in [0.717, 1.165) is 22.3 Å². The van der Waals surface area contributed by atoms with Crippen molar-refractivity contribution in [1.82, 2.24) is 10.6 Å². The Morgan fingerprint density at radius 2 is 1.27 bits per heavy atom. The number of hydrogen-bond acceptors (Lipinski definition) is 2. The van der Waals surface area contributed by atoms with Gasteiger partial charge in [-0.15, -0.1) is 0 Å². The molecule has 0 heterocycles. The summed E-state index contributed by atoms with van der Waals surface area (Å²) in [5.41, 5.74) is 0.631. The third-order valence-corrected chi connectivity index (χ3v) is 9.46. The minimum absolute atomic E-state index is 0.000745. The Morgan fingerprint density at radius 1 is 0.767 bits per heavy atom. The van der Waals surface area contributed by atoms with Crippen LogP contribution in [-0.4, -0.2) is 31.6 Å². The summed E-state index contributed by atoms with van der Waals surface area (Å²) < 4.78 is 0. The summed E-state index contributed by atoms with van der Waals surface area (Å²) in [6, 6.07) is 28.2. The van der Waals surface area contributed by atoms with Crippen molar-refractivity contribution in [2.24, 2.45) is 0 Å². The first-order valence-electron chi connectivity index (χ1n) is 10.2. The summed E-state index contributed by atoms with van der Waals surface area (Å²) in [5, 5.41) is 9.09. The first-order valence-corrected chi connectivity index (χ1v) is 12.2. The molecule has 0 bridgehead atoms. The van der Waals surface area contributed by atoms with E-state index in [1.807, 2.05) is 67.6 Å². The Morgan fingerprint density at radius 3 is 1.73 bits per heavy atom. The highest BCUT2D eigenvalue weighted by molar-refractivity contribution is 7.96. The Labute approximate surface area is 179 Å². The van der Waals surface area contributed by atoms with Gasteiger partial charge in [0, 0.05) is 19.2 Å². The average Bonchev–Trinajstić information content (AvgIpc) is 2.82. The van der Waals surface area contributed by atoms with E-state index in [1.54, 1.807) is 7.05 Å². The first-order chi connectivity index (χ1) is 14.6. The lowest BCUT2D eigenvalue weighted by atomic mass is 10.2. The van der Waals surface area contributed by atoms with Crippen molar-refractivity contribution in [3.8, 4) is 0 Å². The van der Waals surface area contributed by atoms with Gasteiger partial charge in [-0.2, -0.15) is 0 Å². The third-order valence-electron chi connectivity index (χ3n) is 5.16. The number of amides is 2. The van der Waals surface area contributed by atoms with Crippen LogP contribution in [0.2, 0.25) is 0 Å². The Bertz CT molecular complexity index is 934. The highest BCUT2D eigenvalue weighted by atomic mass is 31.2. The molecular formula is C25H28N2O2P+. The molecule has 4 nitrogen and oxygen atoms in total. The summed E-state index contributed by atoms with van der Waals surface area (Å²) in [4.78, 5) is 25.1. The van der Waals surface area contributed by atoms with Crippen LogP contribution >= 0.6 is 7.26 Å². The van der Waals surface area contributed by atoms with Crippen molar-refractivity contribution in [3.05, 3.63) is 90.5 Å². The molecule has 0 spiro atoms. The molecule has 3 rings (SSSR count). The molecule has 0 fully saturated rings. The van der Waals surface area contributed by atoms with Crippen LogP contribution < -0.4 is 26.5 Å². The zero-order chi connectivity index (χ0) is 21.4. The molecule has 2 amide bonds. The van der Waals surface area contributed by atoms with Crippen LogP contribution in [-0.2, 0) is 4.79 Å². The fraction of sp³-hybridized carbons (Fsp3) is 0.200. The van der Waals surface area contributed by atoms with Crippen molar-refractivity contribution in [2.75, 3.05) is 19.8 Å². The van der Waals surface area contributed by atoms with Gasteiger partial charge in [-0.1, -0.05) is 43.3 Å². The SMILES string of the molecule is CCCNC(=O)c1ccc([P+](CC(=O)NC)(c2ccccc2)c2ccccc2)cc1. The molecule has 0 unspecified atom stereocenters. The zero-order valence-corrected chi connectivity index (χ0v) is 18.4. The smallest absolute Gasteiger partial charge is 0.258 e. The Kier molecular flexibility index (Phi) is 7.37.